The molecule has 1 aliphatic rings. The minimum Gasteiger partial charge on any atom is -0.497 e. The molecule has 0 saturated heterocycles. The van der Waals surface area contributed by atoms with Gasteiger partial charge in [0.2, 0.25) is 0 Å². The molecule has 1 saturated carbocycles. The van der Waals surface area contributed by atoms with Crippen molar-refractivity contribution in [2.45, 2.75) is 37.8 Å². The third kappa shape index (κ3) is 3.38. The molecule has 8 heteroatoms. The van der Waals surface area contributed by atoms with E-state index in [1.165, 1.54) is 6.33 Å². The summed E-state index contributed by atoms with van der Waals surface area (Å²) in [5.74, 6) is 0.740. The van der Waals surface area contributed by atoms with E-state index >= 15 is 0 Å². The summed E-state index contributed by atoms with van der Waals surface area (Å²) in [5, 5.41) is 17.0. The molecule has 1 amide bonds. The first kappa shape index (κ1) is 18.2. The lowest BCUT2D eigenvalue weighted by Crippen LogP contribution is -2.38. The maximum Gasteiger partial charge on any atom is 0.253 e. The van der Waals surface area contributed by atoms with Crippen molar-refractivity contribution in [1.29, 1.82) is 0 Å². The van der Waals surface area contributed by atoms with Gasteiger partial charge in [0.1, 0.15) is 17.6 Å². The van der Waals surface area contributed by atoms with Gasteiger partial charge in [-0.05, 0) is 43.9 Å². The Bertz CT molecular complexity index is 1010. The number of aliphatic hydroxyl groups is 1. The fraction of sp³-hybridized carbons (Fsp3) is 0.350. The van der Waals surface area contributed by atoms with Crippen LogP contribution >= 0.6 is 0 Å². The van der Waals surface area contributed by atoms with E-state index in [1.54, 1.807) is 17.7 Å². The highest BCUT2D eigenvalue weighted by Crippen LogP contribution is 2.30. The van der Waals surface area contributed by atoms with Gasteiger partial charge in [-0.25, -0.2) is 9.50 Å². The molecule has 1 aromatic carbocycles. The first-order valence-corrected chi connectivity index (χ1v) is 9.32. The molecule has 0 atom stereocenters. The monoisotopic (exact) mass is 381 g/mol. The predicted molar refractivity (Wildman–Crippen MR) is 105 cm³/mol. The number of carbonyl (C=O) groups is 1. The summed E-state index contributed by atoms with van der Waals surface area (Å²) in [6, 6.07) is 9.36. The second-order valence-corrected chi connectivity index (χ2v) is 7.06. The summed E-state index contributed by atoms with van der Waals surface area (Å²) in [6.07, 6.45) is 4.01. The highest BCUT2D eigenvalue weighted by molar-refractivity contribution is 6.05. The molecule has 1 aliphatic carbocycles. The van der Waals surface area contributed by atoms with Crippen molar-refractivity contribution in [1.82, 2.24) is 19.9 Å². The SMILES string of the molecule is COc1cccc(-c2cc(C(=O)N[C@H]3CC[C@H](O)CC3)c3c(N)ncnn23)c1. The van der Waals surface area contributed by atoms with E-state index in [9.17, 15) is 9.90 Å². The first-order valence-electron chi connectivity index (χ1n) is 9.32. The Hall–Kier alpha value is -3.13. The summed E-state index contributed by atoms with van der Waals surface area (Å²) in [6.45, 7) is 0. The van der Waals surface area contributed by atoms with E-state index in [4.69, 9.17) is 10.5 Å². The lowest BCUT2D eigenvalue weighted by Gasteiger charge is -2.26. The van der Waals surface area contributed by atoms with Gasteiger partial charge < -0.3 is 20.9 Å². The summed E-state index contributed by atoms with van der Waals surface area (Å²) in [5.41, 5.74) is 8.58. The average molecular weight is 381 g/mol. The van der Waals surface area contributed by atoms with E-state index in [-0.39, 0.29) is 23.9 Å². The molecule has 0 unspecified atom stereocenters. The molecule has 0 aliphatic heterocycles. The van der Waals surface area contributed by atoms with E-state index < -0.39 is 0 Å². The molecule has 0 radical (unpaired) electrons. The molecule has 28 heavy (non-hydrogen) atoms. The first-order chi connectivity index (χ1) is 13.6. The van der Waals surface area contributed by atoms with Crippen molar-refractivity contribution in [3.05, 3.63) is 42.2 Å². The van der Waals surface area contributed by atoms with E-state index in [0.29, 0.717) is 29.7 Å². The third-order valence-electron chi connectivity index (χ3n) is 5.22. The number of benzene rings is 1. The van der Waals surface area contributed by atoms with Crippen molar-refractivity contribution in [3.63, 3.8) is 0 Å². The average Bonchev–Trinajstić information content (AvgIpc) is 3.11. The predicted octanol–water partition coefficient (Wildman–Crippen LogP) is 2.02. The highest BCUT2D eigenvalue weighted by atomic mass is 16.5. The molecule has 0 bridgehead atoms. The number of hydrogen-bond donors (Lipinski definition) is 3. The number of aromatic nitrogens is 3. The molecule has 3 aromatic rings. The second kappa shape index (κ2) is 7.47. The maximum atomic E-state index is 13.0. The number of nitrogens with zero attached hydrogens (tertiary/aromatic N) is 3. The standard InChI is InChI=1S/C20H23N5O3/c1-28-15-4-2-3-12(9-15)17-10-16(18-19(21)22-11-23-25(17)18)20(27)24-13-5-7-14(26)8-6-13/h2-4,9-11,13-14,26H,5-8H2,1H3,(H,24,27)(H2,21,22,23)/t13-,14-. The van der Waals surface area contributed by atoms with Gasteiger partial charge in [-0.1, -0.05) is 12.1 Å². The van der Waals surface area contributed by atoms with E-state index in [2.05, 4.69) is 15.4 Å². The van der Waals surface area contributed by atoms with Gasteiger partial charge in [0.05, 0.1) is 24.5 Å². The minimum atomic E-state index is -0.271. The Kier molecular flexibility index (Phi) is 4.87. The van der Waals surface area contributed by atoms with Crippen molar-refractivity contribution >= 4 is 17.2 Å². The summed E-state index contributed by atoms with van der Waals surface area (Å²) in [7, 11) is 1.61. The highest BCUT2D eigenvalue weighted by Gasteiger charge is 2.25. The lowest BCUT2D eigenvalue weighted by atomic mass is 9.93. The van der Waals surface area contributed by atoms with Crippen LogP contribution in [0, 0.1) is 0 Å². The number of methoxy groups -OCH3 is 1. The second-order valence-electron chi connectivity index (χ2n) is 7.06. The summed E-state index contributed by atoms with van der Waals surface area (Å²) >= 11 is 0. The van der Waals surface area contributed by atoms with Crippen LogP contribution in [0.15, 0.2) is 36.7 Å². The van der Waals surface area contributed by atoms with Gasteiger partial charge in [0.15, 0.2) is 5.82 Å². The molecule has 2 heterocycles. The zero-order valence-corrected chi connectivity index (χ0v) is 15.6. The Balaban J connectivity index is 1.73. The van der Waals surface area contributed by atoms with Crippen LogP contribution in [0.2, 0.25) is 0 Å². The van der Waals surface area contributed by atoms with Crippen molar-refractivity contribution < 1.29 is 14.6 Å². The lowest BCUT2D eigenvalue weighted by molar-refractivity contribution is 0.0869. The van der Waals surface area contributed by atoms with Gasteiger partial charge in [0.25, 0.3) is 5.91 Å². The molecule has 1 fully saturated rings. The number of anilines is 1. The van der Waals surface area contributed by atoms with Gasteiger partial charge in [-0.15, -0.1) is 0 Å². The Morgan fingerprint density at radius 1 is 1.29 bits per heavy atom. The Morgan fingerprint density at radius 3 is 2.82 bits per heavy atom. The van der Waals surface area contributed by atoms with Crippen LogP contribution < -0.4 is 15.8 Å². The van der Waals surface area contributed by atoms with Crippen LogP contribution in [-0.2, 0) is 0 Å². The fourth-order valence-corrected chi connectivity index (χ4v) is 3.71. The third-order valence-corrected chi connectivity index (χ3v) is 5.22. The largest absolute Gasteiger partial charge is 0.497 e. The number of rotatable bonds is 4. The van der Waals surface area contributed by atoms with Crippen molar-refractivity contribution in [3.8, 4) is 17.0 Å². The van der Waals surface area contributed by atoms with E-state index in [1.807, 2.05) is 24.3 Å². The molecular formula is C20H23N5O3. The summed E-state index contributed by atoms with van der Waals surface area (Å²) in [4.78, 5) is 17.1. The van der Waals surface area contributed by atoms with Crippen LogP contribution in [0.4, 0.5) is 5.82 Å². The minimum absolute atomic E-state index is 0.0389. The van der Waals surface area contributed by atoms with Gasteiger partial charge >= 0.3 is 0 Å². The number of fused-ring (bicyclic) bond motifs is 1. The van der Waals surface area contributed by atoms with Crippen LogP contribution in [0.25, 0.3) is 16.8 Å². The number of nitrogens with two attached hydrogens (primary N) is 1. The number of carbonyl (C=O) groups excluding carboxylic acids is 1. The van der Waals surface area contributed by atoms with Crippen LogP contribution in [0.3, 0.4) is 0 Å². The fourth-order valence-electron chi connectivity index (χ4n) is 3.71. The number of amides is 1. The maximum absolute atomic E-state index is 13.0. The normalized spacial score (nSPS) is 19.5. The van der Waals surface area contributed by atoms with Crippen molar-refractivity contribution in [2.75, 3.05) is 12.8 Å². The Labute approximate surface area is 162 Å². The van der Waals surface area contributed by atoms with E-state index in [0.717, 1.165) is 24.1 Å². The van der Waals surface area contributed by atoms with Gasteiger partial charge in [-0.3, -0.25) is 4.79 Å². The van der Waals surface area contributed by atoms with Crippen LogP contribution in [0.5, 0.6) is 5.75 Å². The molecular weight excluding hydrogens is 358 g/mol. The van der Waals surface area contributed by atoms with Gasteiger partial charge in [-0.2, -0.15) is 5.10 Å². The summed E-state index contributed by atoms with van der Waals surface area (Å²) < 4.78 is 6.94. The number of nitrogens with one attached hydrogen (secondary N) is 1. The van der Waals surface area contributed by atoms with Crippen LogP contribution in [-0.4, -0.2) is 44.9 Å². The molecule has 146 valence electrons. The Morgan fingerprint density at radius 2 is 2.07 bits per heavy atom. The number of aliphatic hydroxyl groups excluding tert-OH is 1. The molecule has 4 N–H and O–H groups in total. The molecule has 4 rings (SSSR count). The molecule has 8 nitrogen and oxygen atoms in total. The van der Waals surface area contributed by atoms with Crippen LogP contribution in [0.1, 0.15) is 36.0 Å². The van der Waals surface area contributed by atoms with Crippen molar-refractivity contribution in [2.24, 2.45) is 0 Å². The van der Waals surface area contributed by atoms with Gasteiger partial charge in [0, 0.05) is 11.6 Å². The number of hydrogen-bond acceptors (Lipinski definition) is 6. The molecule has 0 spiro atoms. The number of ether oxygens (including phenoxy) is 1. The topological polar surface area (TPSA) is 115 Å². The zero-order chi connectivity index (χ0) is 19.7. The zero-order valence-electron chi connectivity index (χ0n) is 15.6. The number of nitrogen functional groups attached to an aromatic ring is 1. The molecule has 2 aromatic heterocycles. The quantitative estimate of drug-likeness (QED) is 0.637. The smallest absolute Gasteiger partial charge is 0.253 e.